The number of aryl methyl sites for hydroxylation is 1. The fourth-order valence-corrected chi connectivity index (χ4v) is 3.91. The van der Waals surface area contributed by atoms with Crippen LogP contribution in [0.4, 0.5) is 11.6 Å². The van der Waals surface area contributed by atoms with Crippen molar-refractivity contribution in [3.63, 3.8) is 0 Å². The van der Waals surface area contributed by atoms with Gasteiger partial charge in [-0.3, -0.25) is 14.2 Å². The highest BCUT2D eigenvalue weighted by molar-refractivity contribution is 5.81. The largest absolute Gasteiger partial charge is 0.384 e. The number of nitrogens with one attached hydrogen (secondary N) is 2. The first-order valence-corrected chi connectivity index (χ1v) is 12.8. The van der Waals surface area contributed by atoms with Crippen molar-refractivity contribution in [2.75, 3.05) is 11.1 Å². The molecule has 36 heavy (non-hydrogen) atoms. The lowest BCUT2D eigenvalue weighted by molar-refractivity contribution is -0.124. The summed E-state index contributed by atoms with van der Waals surface area (Å²) in [6.45, 7) is 13.1. The summed E-state index contributed by atoms with van der Waals surface area (Å²) in [5, 5.41) is 6.05. The van der Waals surface area contributed by atoms with E-state index in [2.05, 4.69) is 46.6 Å². The van der Waals surface area contributed by atoms with E-state index in [-0.39, 0.29) is 17.3 Å². The number of carbonyl (C=O) groups is 1. The number of aromatic nitrogens is 3. The number of fused-ring (bicyclic) bond motifs is 1. The molecule has 2 aromatic heterocycles. The molecule has 1 atom stereocenters. The average Bonchev–Trinajstić information content (AvgIpc) is 3.35. The second kappa shape index (κ2) is 14.0. The molecule has 0 spiro atoms. The summed E-state index contributed by atoms with van der Waals surface area (Å²) in [4.78, 5) is 34.3. The lowest BCUT2D eigenvalue weighted by Gasteiger charge is -2.16. The molecule has 194 valence electrons. The van der Waals surface area contributed by atoms with Crippen molar-refractivity contribution < 1.29 is 4.79 Å². The van der Waals surface area contributed by atoms with E-state index >= 15 is 0 Å². The maximum Gasteiger partial charge on any atom is 0.294 e. The smallest absolute Gasteiger partial charge is 0.294 e. The van der Waals surface area contributed by atoms with Gasteiger partial charge >= 0.3 is 0 Å². The Balaban J connectivity index is 0.00000109. The quantitative estimate of drug-likeness (QED) is 0.436. The molecule has 1 aliphatic rings. The molecular formula is C28H40N6O2. The third kappa shape index (κ3) is 7.16. The summed E-state index contributed by atoms with van der Waals surface area (Å²) >= 11 is 0. The van der Waals surface area contributed by atoms with Crippen LogP contribution in [0.25, 0.3) is 0 Å². The van der Waals surface area contributed by atoms with Crippen molar-refractivity contribution in [1.82, 2.24) is 19.9 Å². The van der Waals surface area contributed by atoms with Gasteiger partial charge in [0.15, 0.2) is 5.82 Å². The van der Waals surface area contributed by atoms with Crippen LogP contribution in [-0.2, 0) is 24.3 Å². The molecule has 0 radical (unpaired) electrons. The molecule has 0 saturated carbocycles. The second-order valence-electron chi connectivity index (χ2n) is 8.39. The maximum atomic E-state index is 13.1. The zero-order valence-corrected chi connectivity index (χ0v) is 22.3. The van der Waals surface area contributed by atoms with Gasteiger partial charge in [0.1, 0.15) is 11.9 Å². The number of amides is 1. The van der Waals surface area contributed by atoms with Gasteiger partial charge in [-0.05, 0) is 41.5 Å². The highest BCUT2D eigenvalue weighted by Crippen LogP contribution is 2.24. The first kappa shape index (κ1) is 28.6. The summed E-state index contributed by atoms with van der Waals surface area (Å²) in [5.41, 5.74) is 9.28. The maximum absolute atomic E-state index is 13.1. The lowest BCUT2D eigenvalue weighted by atomic mass is 10.0. The van der Waals surface area contributed by atoms with Gasteiger partial charge in [-0.1, -0.05) is 71.9 Å². The van der Waals surface area contributed by atoms with Gasteiger partial charge in [-0.25, -0.2) is 9.97 Å². The fraction of sp³-hybridized carbons (Fsp3) is 0.429. The molecule has 8 nitrogen and oxygen atoms in total. The van der Waals surface area contributed by atoms with Crippen LogP contribution in [0.5, 0.6) is 0 Å². The summed E-state index contributed by atoms with van der Waals surface area (Å²) in [5.74, 6) is 0.928. The first-order valence-electron chi connectivity index (χ1n) is 12.8. The van der Waals surface area contributed by atoms with E-state index in [4.69, 9.17) is 5.73 Å². The Kier molecular flexibility index (Phi) is 11.1. The van der Waals surface area contributed by atoms with Crippen molar-refractivity contribution in [1.29, 1.82) is 0 Å². The minimum Gasteiger partial charge on any atom is -0.384 e. The van der Waals surface area contributed by atoms with E-state index in [9.17, 15) is 9.59 Å². The van der Waals surface area contributed by atoms with E-state index in [1.165, 1.54) is 5.56 Å². The van der Waals surface area contributed by atoms with E-state index in [1.807, 2.05) is 45.9 Å². The molecule has 0 saturated heterocycles. The Morgan fingerprint density at radius 1 is 1.06 bits per heavy atom. The molecule has 0 fully saturated rings. The van der Waals surface area contributed by atoms with Gasteiger partial charge in [-0.2, -0.15) is 0 Å². The van der Waals surface area contributed by atoms with E-state index < -0.39 is 6.04 Å². The highest BCUT2D eigenvalue weighted by Gasteiger charge is 2.30. The predicted octanol–water partition coefficient (Wildman–Crippen LogP) is 4.81. The monoisotopic (exact) mass is 492 g/mol. The average molecular weight is 493 g/mol. The molecule has 1 aliphatic heterocycles. The van der Waals surface area contributed by atoms with Crippen molar-refractivity contribution in [3.8, 4) is 0 Å². The zero-order valence-electron chi connectivity index (χ0n) is 22.3. The third-order valence-corrected chi connectivity index (χ3v) is 5.75. The number of benzene rings is 1. The number of nitrogens with two attached hydrogens (primary N) is 1. The fourth-order valence-electron chi connectivity index (χ4n) is 3.91. The topological polar surface area (TPSA) is 115 Å². The molecule has 0 aliphatic carbocycles. The van der Waals surface area contributed by atoms with Crippen molar-refractivity contribution in [2.45, 2.75) is 79.4 Å². The predicted molar refractivity (Wildman–Crippen MR) is 147 cm³/mol. The molecule has 3 heterocycles. The summed E-state index contributed by atoms with van der Waals surface area (Å²) in [7, 11) is 0. The standard InChI is InChI=1S/C24H28N6O2.2C2H6/c1-15(2)18-5-3-4-16(10-18)11-27-22-24(32)30-19(14-28-22)7-8-20(30)23(31)29-13-17-6-9-21(25)26-12-17;2*1-2/h3-6,9-10,12,14-15,20H,7-8,11,13H2,1-2H3,(H2,25,26)(H,27,28)(H,29,31);2*1-2H3. The second-order valence-corrected chi connectivity index (χ2v) is 8.39. The normalized spacial score (nSPS) is 13.6. The van der Waals surface area contributed by atoms with Crippen LogP contribution < -0.4 is 21.9 Å². The number of nitrogen functional groups attached to an aromatic ring is 1. The van der Waals surface area contributed by atoms with E-state index in [1.54, 1.807) is 23.0 Å². The van der Waals surface area contributed by atoms with Crippen LogP contribution >= 0.6 is 0 Å². The molecule has 4 rings (SSSR count). The lowest BCUT2D eigenvalue weighted by Crippen LogP contribution is -2.36. The van der Waals surface area contributed by atoms with Crippen molar-refractivity contribution in [2.24, 2.45) is 0 Å². The van der Waals surface area contributed by atoms with Crippen LogP contribution in [0.2, 0.25) is 0 Å². The Hall–Kier alpha value is -3.68. The van der Waals surface area contributed by atoms with Gasteiger partial charge in [0.2, 0.25) is 5.91 Å². The number of nitrogens with zero attached hydrogens (tertiary/aromatic N) is 3. The summed E-state index contributed by atoms with van der Waals surface area (Å²) < 4.78 is 1.57. The number of anilines is 2. The molecule has 4 N–H and O–H groups in total. The van der Waals surface area contributed by atoms with E-state index in [0.29, 0.717) is 37.7 Å². The van der Waals surface area contributed by atoms with Crippen molar-refractivity contribution >= 4 is 17.5 Å². The summed E-state index contributed by atoms with van der Waals surface area (Å²) in [6, 6.07) is 11.2. The molecule has 1 amide bonds. The number of carbonyl (C=O) groups excluding carboxylic acids is 1. The minimum atomic E-state index is -0.549. The Labute approximate surface area is 214 Å². The molecule has 8 heteroatoms. The van der Waals surface area contributed by atoms with Crippen molar-refractivity contribution in [3.05, 3.63) is 81.5 Å². The Morgan fingerprint density at radius 2 is 1.81 bits per heavy atom. The Morgan fingerprint density at radius 3 is 2.47 bits per heavy atom. The van der Waals surface area contributed by atoms with Gasteiger partial charge in [0.05, 0.1) is 0 Å². The number of hydrogen-bond donors (Lipinski definition) is 3. The highest BCUT2D eigenvalue weighted by atomic mass is 16.2. The van der Waals surface area contributed by atoms with Crippen LogP contribution in [0.3, 0.4) is 0 Å². The number of hydrogen-bond acceptors (Lipinski definition) is 6. The molecule has 0 bridgehead atoms. The Bertz CT molecular complexity index is 1170. The zero-order chi connectivity index (χ0) is 26.7. The van der Waals surface area contributed by atoms with Crippen LogP contribution in [0, 0.1) is 0 Å². The number of rotatable bonds is 7. The SMILES string of the molecule is CC.CC.CC(C)c1cccc(CNc2ncc3n(c2=O)C(C(=O)NCc2ccc(N)nc2)CC3)c1. The van der Waals surface area contributed by atoms with Gasteiger partial charge in [-0.15, -0.1) is 0 Å². The van der Waals surface area contributed by atoms with Crippen LogP contribution in [-0.4, -0.2) is 20.4 Å². The first-order chi connectivity index (χ1) is 17.4. The minimum absolute atomic E-state index is 0.190. The molecule has 1 unspecified atom stereocenters. The van der Waals surface area contributed by atoms with Gasteiger partial charge in [0.25, 0.3) is 5.56 Å². The van der Waals surface area contributed by atoms with Gasteiger partial charge < -0.3 is 16.4 Å². The van der Waals surface area contributed by atoms with Gasteiger partial charge in [0, 0.05) is 31.2 Å². The van der Waals surface area contributed by atoms with Crippen LogP contribution in [0.15, 0.2) is 53.6 Å². The van der Waals surface area contributed by atoms with Crippen LogP contribution in [0.1, 0.15) is 82.3 Å². The number of pyridine rings is 1. The molecule has 3 aromatic rings. The third-order valence-electron chi connectivity index (χ3n) is 5.75. The van der Waals surface area contributed by atoms with E-state index in [0.717, 1.165) is 16.8 Å². The molecular weight excluding hydrogens is 452 g/mol. The summed E-state index contributed by atoms with van der Waals surface area (Å²) in [6.07, 6.45) is 4.53. The molecule has 1 aromatic carbocycles.